The molecule has 2 heteroatoms. The first-order valence-corrected chi connectivity index (χ1v) is 6.43. The van der Waals surface area contributed by atoms with Crippen LogP contribution in [0.5, 0.6) is 0 Å². The molecule has 0 aliphatic heterocycles. The van der Waals surface area contributed by atoms with Crippen LogP contribution in [-0.2, 0) is 4.79 Å². The maximum absolute atomic E-state index is 11.3. The molecule has 0 aromatic carbocycles. The first-order chi connectivity index (χ1) is 7.16. The van der Waals surface area contributed by atoms with Gasteiger partial charge in [-0.3, -0.25) is 4.79 Å². The predicted molar refractivity (Wildman–Crippen MR) is 65.8 cm³/mol. The molecule has 0 spiro atoms. The zero-order valence-electron chi connectivity index (χ0n) is 10.6. The quantitative estimate of drug-likeness (QED) is 0.583. The molecule has 0 rings (SSSR count). The molecule has 0 heterocycles. The Labute approximate surface area is 94.8 Å². The van der Waals surface area contributed by atoms with Gasteiger partial charge in [-0.2, -0.15) is 0 Å². The molecular formula is C13H27NO. The van der Waals surface area contributed by atoms with Crippen molar-refractivity contribution in [3.63, 3.8) is 0 Å². The normalized spacial score (nSPS) is 10.7. The molecule has 2 nitrogen and oxygen atoms in total. The topological polar surface area (TPSA) is 29.1 Å². The lowest BCUT2D eigenvalue weighted by molar-refractivity contribution is -0.121. The molecule has 90 valence electrons. The third-order valence-electron chi connectivity index (χ3n) is 2.55. The molecule has 0 radical (unpaired) electrons. The fourth-order valence-corrected chi connectivity index (χ4v) is 1.48. The molecular weight excluding hydrogens is 186 g/mol. The first kappa shape index (κ1) is 14.5. The van der Waals surface area contributed by atoms with Gasteiger partial charge in [0.05, 0.1) is 0 Å². The third-order valence-corrected chi connectivity index (χ3v) is 2.55. The van der Waals surface area contributed by atoms with Gasteiger partial charge in [-0.1, -0.05) is 46.5 Å². The van der Waals surface area contributed by atoms with Crippen LogP contribution in [0.1, 0.15) is 65.7 Å². The molecule has 0 aliphatic carbocycles. The summed E-state index contributed by atoms with van der Waals surface area (Å²) in [6.07, 6.45) is 7.88. The van der Waals surface area contributed by atoms with E-state index < -0.39 is 0 Å². The lowest BCUT2D eigenvalue weighted by Gasteiger charge is -2.06. The van der Waals surface area contributed by atoms with Gasteiger partial charge in [0, 0.05) is 13.0 Å². The Balaban J connectivity index is 3.19. The predicted octanol–water partition coefficient (Wildman–Crippen LogP) is 3.51. The second-order valence-corrected chi connectivity index (χ2v) is 4.70. The Morgan fingerprint density at radius 2 is 1.80 bits per heavy atom. The molecule has 15 heavy (non-hydrogen) atoms. The average Bonchev–Trinajstić information content (AvgIpc) is 2.17. The van der Waals surface area contributed by atoms with Crippen molar-refractivity contribution in [1.29, 1.82) is 0 Å². The largest absolute Gasteiger partial charge is 0.356 e. The van der Waals surface area contributed by atoms with Crippen molar-refractivity contribution in [3.8, 4) is 0 Å². The minimum atomic E-state index is 0.229. The van der Waals surface area contributed by atoms with Crippen molar-refractivity contribution in [2.45, 2.75) is 65.7 Å². The lowest BCUT2D eigenvalue weighted by atomic mass is 10.1. The Hall–Kier alpha value is -0.530. The van der Waals surface area contributed by atoms with Crippen LogP contribution in [0.25, 0.3) is 0 Å². The summed E-state index contributed by atoms with van der Waals surface area (Å²) in [4.78, 5) is 11.3. The van der Waals surface area contributed by atoms with Crippen LogP contribution in [0.2, 0.25) is 0 Å². The van der Waals surface area contributed by atoms with E-state index in [1.807, 2.05) is 0 Å². The van der Waals surface area contributed by atoms with E-state index in [4.69, 9.17) is 0 Å². The van der Waals surface area contributed by atoms with Crippen LogP contribution in [0, 0.1) is 5.92 Å². The molecule has 0 aromatic rings. The highest BCUT2D eigenvalue weighted by Crippen LogP contribution is 2.04. The number of carbonyl (C=O) groups is 1. The number of unbranched alkanes of at least 4 members (excludes halogenated alkanes) is 4. The van der Waals surface area contributed by atoms with E-state index >= 15 is 0 Å². The zero-order chi connectivity index (χ0) is 11.5. The number of hydrogen-bond donors (Lipinski definition) is 1. The van der Waals surface area contributed by atoms with Gasteiger partial charge in [0.15, 0.2) is 0 Å². The van der Waals surface area contributed by atoms with Crippen molar-refractivity contribution in [2.75, 3.05) is 6.54 Å². The van der Waals surface area contributed by atoms with Crippen molar-refractivity contribution in [3.05, 3.63) is 0 Å². The molecule has 0 unspecified atom stereocenters. The summed E-state index contributed by atoms with van der Waals surface area (Å²) in [5, 5.41) is 2.97. The minimum absolute atomic E-state index is 0.229. The van der Waals surface area contributed by atoms with E-state index in [0.717, 1.165) is 19.4 Å². The lowest BCUT2D eigenvalue weighted by Crippen LogP contribution is -2.24. The summed E-state index contributed by atoms with van der Waals surface area (Å²) < 4.78 is 0. The summed E-state index contributed by atoms with van der Waals surface area (Å²) in [6, 6.07) is 0. The second kappa shape index (κ2) is 10.0. The second-order valence-electron chi connectivity index (χ2n) is 4.70. The smallest absolute Gasteiger partial charge is 0.219 e. The minimum Gasteiger partial charge on any atom is -0.356 e. The highest BCUT2D eigenvalue weighted by atomic mass is 16.1. The van der Waals surface area contributed by atoms with Gasteiger partial charge in [0.25, 0.3) is 0 Å². The van der Waals surface area contributed by atoms with E-state index in [1.54, 1.807) is 0 Å². The van der Waals surface area contributed by atoms with Crippen molar-refractivity contribution < 1.29 is 4.79 Å². The van der Waals surface area contributed by atoms with Crippen molar-refractivity contribution >= 4 is 5.91 Å². The summed E-state index contributed by atoms with van der Waals surface area (Å²) in [7, 11) is 0. The highest BCUT2D eigenvalue weighted by Gasteiger charge is 2.00. The molecule has 1 N–H and O–H groups in total. The third kappa shape index (κ3) is 11.4. The summed E-state index contributed by atoms with van der Waals surface area (Å²) >= 11 is 0. The van der Waals surface area contributed by atoms with Gasteiger partial charge in [-0.05, 0) is 18.8 Å². The Morgan fingerprint density at radius 3 is 2.40 bits per heavy atom. The Morgan fingerprint density at radius 1 is 1.13 bits per heavy atom. The summed E-state index contributed by atoms with van der Waals surface area (Å²) in [5.74, 6) is 0.905. The monoisotopic (exact) mass is 213 g/mol. The SMILES string of the molecule is CCCCCCCC(=O)NCCC(C)C. The molecule has 0 saturated carbocycles. The fraction of sp³-hybridized carbons (Fsp3) is 0.923. The van der Waals surface area contributed by atoms with Crippen LogP contribution >= 0.6 is 0 Å². The first-order valence-electron chi connectivity index (χ1n) is 6.43. The van der Waals surface area contributed by atoms with Gasteiger partial charge < -0.3 is 5.32 Å². The van der Waals surface area contributed by atoms with Crippen molar-refractivity contribution in [2.24, 2.45) is 5.92 Å². The molecule has 0 fully saturated rings. The maximum Gasteiger partial charge on any atom is 0.219 e. The van der Waals surface area contributed by atoms with Gasteiger partial charge in [0.2, 0.25) is 5.91 Å². The van der Waals surface area contributed by atoms with Gasteiger partial charge in [-0.25, -0.2) is 0 Å². The molecule has 0 saturated heterocycles. The molecule has 0 bridgehead atoms. The van der Waals surface area contributed by atoms with E-state index in [-0.39, 0.29) is 5.91 Å². The standard InChI is InChI=1S/C13H27NO/c1-4-5-6-7-8-9-13(15)14-11-10-12(2)3/h12H,4-11H2,1-3H3,(H,14,15). The Bertz CT molecular complexity index is 155. The van der Waals surface area contributed by atoms with Gasteiger partial charge in [0.1, 0.15) is 0 Å². The Kier molecular flexibility index (Phi) is 9.65. The van der Waals surface area contributed by atoms with Crippen LogP contribution in [0.4, 0.5) is 0 Å². The molecule has 0 atom stereocenters. The zero-order valence-corrected chi connectivity index (χ0v) is 10.6. The van der Waals surface area contributed by atoms with Gasteiger partial charge >= 0.3 is 0 Å². The number of carbonyl (C=O) groups excluding carboxylic acids is 1. The van der Waals surface area contributed by atoms with E-state index in [9.17, 15) is 4.79 Å². The number of nitrogens with one attached hydrogen (secondary N) is 1. The van der Waals surface area contributed by atoms with Crippen LogP contribution in [-0.4, -0.2) is 12.5 Å². The average molecular weight is 213 g/mol. The summed E-state index contributed by atoms with van der Waals surface area (Å²) in [6.45, 7) is 7.40. The van der Waals surface area contributed by atoms with E-state index in [2.05, 4.69) is 26.1 Å². The van der Waals surface area contributed by atoms with Gasteiger partial charge in [-0.15, -0.1) is 0 Å². The fourth-order valence-electron chi connectivity index (χ4n) is 1.48. The highest BCUT2D eigenvalue weighted by molar-refractivity contribution is 5.75. The number of rotatable bonds is 9. The van der Waals surface area contributed by atoms with Crippen molar-refractivity contribution in [1.82, 2.24) is 5.32 Å². The maximum atomic E-state index is 11.3. The molecule has 1 amide bonds. The van der Waals surface area contributed by atoms with E-state index in [0.29, 0.717) is 12.3 Å². The number of hydrogen-bond acceptors (Lipinski definition) is 1. The van der Waals surface area contributed by atoms with Crippen LogP contribution in [0.15, 0.2) is 0 Å². The van der Waals surface area contributed by atoms with Crippen LogP contribution in [0.3, 0.4) is 0 Å². The summed E-state index contributed by atoms with van der Waals surface area (Å²) in [5.41, 5.74) is 0. The molecule has 0 aromatic heterocycles. The van der Waals surface area contributed by atoms with Crippen LogP contribution < -0.4 is 5.32 Å². The molecule has 0 aliphatic rings. The van der Waals surface area contributed by atoms with E-state index in [1.165, 1.54) is 25.7 Å². The number of amides is 1.